The number of hydrogen-bond acceptors (Lipinski definition) is 4. The van der Waals surface area contributed by atoms with Gasteiger partial charge in [0.2, 0.25) is 0 Å². The van der Waals surface area contributed by atoms with Crippen LogP contribution in [0.3, 0.4) is 0 Å². The van der Waals surface area contributed by atoms with E-state index in [1.165, 1.54) is 6.07 Å². The van der Waals surface area contributed by atoms with Crippen LogP contribution in [0.2, 0.25) is 0 Å². The van der Waals surface area contributed by atoms with Gasteiger partial charge in [0.25, 0.3) is 10.0 Å². The predicted octanol–water partition coefficient (Wildman–Crippen LogP) is 2.13. The standard InChI is InChI=1S/C12H18BrN3O3S/c1-3-4-5-15-12(17)16-20(18,19)11-7-9(13)6-10(14)8(11)2/h6-7H,3-5,14H2,1-2H3,(H2,15,16,17). The van der Waals surface area contributed by atoms with E-state index in [4.69, 9.17) is 5.73 Å². The lowest BCUT2D eigenvalue weighted by molar-refractivity contribution is 0.245. The normalized spacial score (nSPS) is 11.2. The van der Waals surface area contributed by atoms with Crippen molar-refractivity contribution in [3.63, 3.8) is 0 Å². The second-order valence-corrected chi connectivity index (χ2v) is 6.90. The van der Waals surface area contributed by atoms with E-state index in [1.54, 1.807) is 13.0 Å². The van der Waals surface area contributed by atoms with Crippen molar-refractivity contribution in [1.29, 1.82) is 0 Å². The van der Waals surface area contributed by atoms with Gasteiger partial charge < -0.3 is 11.1 Å². The van der Waals surface area contributed by atoms with E-state index in [1.807, 2.05) is 11.6 Å². The Bertz CT molecular complexity index is 602. The highest BCUT2D eigenvalue weighted by Crippen LogP contribution is 2.26. The van der Waals surface area contributed by atoms with Crippen LogP contribution in [0.15, 0.2) is 21.5 Å². The number of carbonyl (C=O) groups excluding carboxylic acids is 1. The van der Waals surface area contributed by atoms with Crippen LogP contribution in [0.25, 0.3) is 0 Å². The van der Waals surface area contributed by atoms with E-state index < -0.39 is 16.1 Å². The highest BCUT2D eigenvalue weighted by Gasteiger charge is 2.21. The van der Waals surface area contributed by atoms with Crippen molar-refractivity contribution in [3.8, 4) is 0 Å². The van der Waals surface area contributed by atoms with Gasteiger partial charge in [-0.15, -0.1) is 0 Å². The van der Waals surface area contributed by atoms with E-state index in [2.05, 4.69) is 21.2 Å². The third kappa shape index (κ3) is 4.38. The van der Waals surface area contributed by atoms with E-state index in [9.17, 15) is 13.2 Å². The molecule has 6 nitrogen and oxygen atoms in total. The fourth-order valence-electron chi connectivity index (χ4n) is 1.55. The van der Waals surface area contributed by atoms with Crippen LogP contribution >= 0.6 is 15.9 Å². The molecule has 4 N–H and O–H groups in total. The Morgan fingerprint density at radius 2 is 2.05 bits per heavy atom. The number of rotatable bonds is 5. The molecule has 0 fully saturated rings. The van der Waals surface area contributed by atoms with Gasteiger partial charge in [0.05, 0.1) is 4.90 Å². The number of nitrogens with one attached hydrogen (secondary N) is 2. The van der Waals surface area contributed by atoms with Crippen molar-refractivity contribution < 1.29 is 13.2 Å². The van der Waals surface area contributed by atoms with Gasteiger partial charge in [0.1, 0.15) is 0 Å². The molecular formula is C12H18BrN3O3S. The molecular weight excluding hydrogens is 346 g/mol. The summed E-state index contributed by atoms with van der Waals surface area (Å²) in [6.07, 6.45) is 1.70. The molecule has 0 aliphatic carbocycles. The molecule has 2 amide bonds. The number of anilines is 1. The lowest BCUT2D eigenvalue weighted by Gasteiger charge is -2.12. The highest BCUT2D eigenvalue weighted by atomic mass is 79.9. The molecule has 0 bridgehead atoms. The minimum atomic E-state index is -3.94. The zero-order valence-electron chi connectivity index (χ0n) is 11.4. The lowest BCUT2D eigenvalue weighted by Crippen LogP contribution is -2.40. The van der Waals surface area contributed by atoms with Crippen molar-refractivity contribution in [3.05, 3.63) is 22.2 Å². The van der Waals surface area contributed by atoms with Crippen LogP contribution in [-0.2, 0) is 10.0 Å². The van der Waals surface area contributed by atoms with Crippen molar-refractivity contribution in [1.82, 2.24) is 10.0 Å². The van der Waals surface area contributed by atoms with Crippen LogP contribution in [0, 0.1) is 6.92 Å². The van der Waals surface area contributed by atoms with E-state index in [0.717, 1.165) is 12.8 Å². The first-order chi connectivity index (χ1) is 9.27. The maximum absolute atomic E-state index is 12.2. The summed E-state index contributed by atoms with van der Waals surface area (Å²) in [5.41, 5.74) is 6.47. The number of nitrogen functional groups attached to an aromatic ring is 1. The maximum atomic E-state index is 12.2. The molecule has 1 aromatic carbocycles. The fourth-order valence-corrected chi connectivity index (χ4v) is 3.40. The Morgan fingerprint density at radius 3 is 2.65 bits per heavy atom. The van der Waals surface area contributed by atoms with Gasteiger partial charge in [-0.25, -0.2) is 17.9 Å². The number of halogens is 1. The topological polar surface area (TPSA) is 101 Å². The van der Waals surface area contributed by atoms with Gasteiger partial charge in [-0.1, -0.05) is 29.3 Å². The summed E-state index contributed by atoms with van der Waals surface area (Å²) in [4.78, 5) is 11.5. The number of nitrogens with two attached hydrogens (primary N) is 1. The summed E-state index contributed by atoms with van der Waals surface area (Å²) in [7, 11) is -3.94. The number of benzene rings is 1. The lowest BCUT2D eigenvalue weighted by atomic mass is 10.2. The molecule has 0 atom stereocenters. The van der Waals surface area contributed by atoms with Crippen molar-refractivity contribution in [2.75, 3.05) is 12.3 Å². The molecule has 0 saturated carbocycles. The highest BCUT2D eigenvalue weighted by molar-refractivity contribution is 9.10. The maximum Gasteiger partial charge on any atom is 0.328 e. The fraction of sp³-hybridized carbons (Fsp3) is 0.417. The van der Waals surface area contributed by atoms with Crippen molar-refractivity contribution >= 4 is 37.7 Å². The molecule has 0 saturated heterocycles. The largest absolute Gasteiger partial charge is 0.398 e. The first-order valence-electron chi connectivity index (χ1n) is 6.14. The molecule has 0 spiro atoms. The number of carbonyl (C=O) groups is 1. The number of hydrogen-bond donors (Lipinski definition) is 3. The third-order valence-electron chi connectivity index (χ3n) is 2.70. The minimum Gasteiger partial charge on any atom is -0.398 e. The number of unbranched alkanes of at least 4 members (excludes halogenated alkanes) is 1. The average Bonchev–Trinajstić information content (AvgIpc) is 2.33. The van der Waals surface area contributed by atoms with E-state index in [-0.39, 0.29) is 4.90 Å². The van der Waals surface area contributed by atoms with Gasteiger partial charge in [-0.05, 0) is 31.0 Å². The number of sulfonamides is 1. The average molecular weight is 364 g/mol. The smallest absolute Gasteiger partial charge is 0.328 e. The molecule has 0 aliphatic rings. The third-order valence-corrected chi connectivity index (χ3v) is 4.61. The Hall–Kier alpha value is -1.28. The SMILES string of the molecule is CCCCNC(=O)NS(=O)(=O)c1cc(Br)cc(N)c1C. The zero-order chi connectivity index (χ0) is 15.3. The summed E-state index contributed by atoms with van der Waals surface area (Å²) in [5.74, 6) is 0. The summed E-state index contributed by atoms with van der Waals surface area (Å²) in [6.45, 7) is 3.99. The minimum absolute atomic E-state index is 0.0185. The summed E-state index contributed by atoms with van der Waals surface area (Å²) in [5, 5.41) is 2.49. The van der Waals surface area contributed by atoms with Crippen LogP contribution in [0.5, 0.6) is 0 Å². The molecule has 8 heteroatoms. The Kier molecular flexibility index (Phi) is 5.82. The van der Waals surface area contributed by atoms with Gasteiger partial charge in [0.15, 0.2) is 0 Å². The van der Waals surface area contributed by atoms with Gasteiger partial charge >= 0.3 is 6.03 Å². The molecule has 0 aliphatic heterocycles. The van der Waals surface area contributed by atoms with Crippen LogP contribution < -0.4 is 15.8 Å². The summed E-state index contributed by atoms with van der Waals surface area (Å²) >= 11 is 3.18. The molecule has 112 valence electrons. The molecule has 20 heavy (non-hydrogen) atoms. The van der Waals surface area contributed by atoms with Gasteiger partial charge in [-0.2, -0.15) is 0 Å². The summed E-state index contributed by atoms with van der Waals surface area (Å²) < 4.78 is 26.8. The van der Waals surface area contributed by atoms with Crippen LogP contribution in [-0.4, -0.2) is 21.0 Å². The number of amides is 2. The molecule has 1 rings (SSSR count). The number of urea groups is 1. The second-order valence-electron chi connectivity index (χ2n) is 4.33. The first-order valence-corrected chi connectivity index (χ1v) is 8.41. The second kappa shape index (κ2) is 6.94. The molecule has 1 aromatic rings. The van der Waals surface area contributed by atoms with Gasteiger partial charge in [0, 0.05) is 16.7 Å². The van der Waals surface area contributed by atoms with E-state index >= 15 is 0 Å². The molecule has 0 aromatic heterocycles. The molecule has 0 heterocycles. The van der Waals surface area contributed by atoms with Crippen LogP contribution in [0.1, 0.15) is 25.3 Å². The quantitative estimate of drug-likeness (QED) is 0.550. The molecule has 0 radical (unpaired) electrons. The monoisotopic (exact) mass is 363 g/mol. The Labute approximate surface area is 127 Å². The van der Waals surface area contributed by atoms with Gasteiger partial charge in [-0.3, -0.25) is 0 Å². The molecule has 0 unspecified atom stereocenters. The van der Waals surface area contributed by atoms with Crippen molar-refractivity contribution in [2.24, 2.45) is 0 Å². The van der Waals surface area contributed by atoms with E-state index in [0.29, 0.717) is 22.3 Å². The first kappa shape index (κ1) is 16.8. The van der Waals surface area contributed by atoms with Crippen molar-refractivity contribution in [2.45, 2.75) is 31.6 Å². The summed E-state index contributed by atoms with van der Waals surface area (Å²) in [6, 6.07) is 2.28. The predicted molar refractivity (Wildman–Crippen MR) is 81.9 cm³/mol. The Balaban J connectivity index is 2.92. The zero-order valence-corrected chi connectivity index (χ0v) is 13.8. The van der Waals surface area contributed by atoms with Crippen LogP contribution in [0.4, 0.5) is 10.5 Å². The Morgan fingerprint density at radius 1 is 1.40 bits per heavy atom.